The van der Waals surface area contributed by atoms with Crippen LogP contribution < -0.4 is 10.4 Å². The van der Waals surface area contributed by atoms with Crippen molar-refractivity contribution in [3.8, 4) is 17.1 Å². The van der Waals surface area contributed by atoms with Crippen LogP contribution in [-0.4, -0.2) is 48.7 Å². The molecular formula is C22H26N2O5. The maximum atomic E-state index is 12.5. The minimum absolute atomic E-state index is 0.130. The second-order valence-electron chi connectivity index (χ2n) is 7.99. The zero-order chi connectivity index (χ0) is 19.6. The number of hydrogen-bond acceptors (Lipinski definition) is 6. The average Bonchev–Trinajstić information content (AvgIpc) is 3.57. The maximum absolute atomic E-state index is 12.5. The first-order valence-corrected chi connectivity index (χ1v) is 10.4. The molecule has 3 heterocycles. The Balaban J connectivity index is 1.33. The van der Waals surface area contributed by atoms with E-state index in [9.17, 15) is 4.79 Å². The summed E-state index contributed by atoms with van der Waals surface area (Å²) in [4.78, 5) is 16.6. The van der Waals surface area contributed by atoms with Gasteiger partial charge in [0.1, 0.15) is 12.7 Å². The van der Waals surface area contributed by atoms with E-state index in [4.69, 9.17) is 18.9 Å². The first kappa shape index (κ1) is 18.8. The van der Waals surface area contributed by atoms with Crippen molar-refractivity contribution in [1.29, 1.82) is 0 Å². The average molecular weight is 398 g/mol. The molecule has 0 bridgehead atoms. The summed E-state index contributed by atoms with van der Waals surface area (Å²) in [5.74, 6) is 1.10. The molecule has 1 aliphatic carbocycles. The van der Waals surface area contributed by atoms with Crippen LogP contribution in [0.25, 0.3) is 11.3 Å². The molecule has 2 fully saturated rings. The molecule has 1 aromatic carbocycles. The summed E-state index contributed by atoms with van der Waals surface area (Å²) in [6.07, 6.45) is 3.28. The van der Waals surface area contributed by atoms with Gasteiger partial charge in [-0.15, -0.1) is 0 Å². The minimum Gasteiger partial charge on any atom is -0.475 e. The van der Waals surface area contributed by atoms with Gasteiger partial charge in [0.25, 0.3) is 0 Å². The van der Waals surface area contributed by atoms with E-state index in [0.29, 0.717) is 45.5 Å². The van der Waals surface area contributed by atoms with Gasteiger partial charge >= 0.3 is 5.69 Å². The molecule has 1 saturated carbocycles. The standard InChI is InChI=1S/C22H26N2O5/c25-22-23-21(29-14-18-13-26-7-8-28-18)10-20-19-4-3-16(12-27-11-15-1-2-15)9-17(19)5-6-24(20)22/h3-4,9-10,15,18H,1-2,5-8,11-14H2. The number of hydrogen-bond donors (Lipinski definition) is 0. The van der Waals surface area contributed by atoms with Crippen molar-refractivity contribution >= 4 is 0 Å². The number of ether oxygens (including phenoxy) is 4. The second-order valence-corrected chi connectivity index (χ2v) is 7.99. The molecule has 1 aromatic heterocycles. The van der Waals surface area contributed by atoms with Crippen molar-refractivity contribution in [3.63, 3.8) is 0 Å². The van der Waals surface area contributed by atoms with Gasteiger partial charge in [-0.05, 0) is 36.3 Å². The molecule has 2 aromatic rings. The molecule has 3 aliphatic rings. The number of rotatable bonds is 7. The summed E-state index contributed by atoms with van der Waals surface area (Å²) in [5, 5.41) is 0. The Labute approximate surface area is 169 Å². The topological polar surface area (TPSA) is 71.8 Å². The van der Waals surface area contributed by atoms with Crippen LogP contribution >= 0.6 is 0 Å². The molecule has 154 valence electrons. The van der Waals surface area contributed by atoms with E-state index in [-0.39, 0.29) is 11.8 Å². The lowest BCUT2D eigenvalue weighted by Crippen LogP contribution is -2.34. The fourth-order valence-corrected chi connectivity index (χ4v) is 3.86. The Morgan fingerprint density at radius 2 is 2.10 bits per heavy atom. The van der Waals surface area contributed by atoms with Crippen LogP contribution in [0.2, 0.25) is 0 Å². The largest absolute Gasteiger partial charge is 0.475 e. The lowest BCUT2D eigenvalue weighted by molar-refractivity contribution is -0.102. The van der Waals surface area contributed by atoms with Crippen molar-refractivity contribution in [3.05, 3.63) is 45.9 Å². The third-order valence-electron chi connectivity index (χ3n) is 5.66. The predicted molar refractivity (Wildman–Crippen MR) is 106 cm³/mol. The molecule has 0 amide bonds. The van der Waals surface area contributed by atoms with E-state index in [1.807, 2.05) is 6.07 Å². The van der Waals surface area contributed by atoms with Gasteiger partial charge in [-0.2, -0.15) is 4.98 Å². The van der Waals surface area contributed by atoms with E-state index < -0.39 is 0 Å². The Kier molecular flexibility index (Phi) is 5.35. The monoisotopic (exact) mass is 398 g/mol. The van der Waals surface area contributed by atoms with Crippen molar-refractivity contribution in [2.45, 2.75) is 38.5 Å². The van der Waals surface area contributed by atoms with Crippen LogP contribution in [0.15, 0.2) is 29.1 Å². The molecule has 0 N–H and O–H groups in total. The molecule has 2 aliphatic heterocycles. The van der Waals surface area contributed by atoms with E-state index in [1.165, 1.54) is 24.0 Å². The lowest BCUT2D eigenvalue weighted by Gasteiger charge is -2.24. The molecule has 7 heteroatoms. The quantitative estimate of drug-likeness (QED) is 0.712. The van der Waals surface area contributed by atoms with Gasteiger partial charge in [0, 0.05) is 24.8 Å². The molecule has 0 spiro atoms. The number of aryl methyl sites for hydroxylation is 1. The maximum Gasteiger partial charge on any atom is 0.351 e. The fourth-order valence-electron chi connectivity index (χ4n) is 3.86. The highest BCUT2D eigenvalue weighted by atomic mass is 16.6. The van der Waals surface area contributed by atoms with Gasteiger partial charge in [-0.3, -0.25) is 4.57 Å². The molecule has 1 saturated heterocycles. The molecule has 0 radical (unpaired) electrons. The third-order valence-corrected chi connectivity index (χ3v) is 5.66. The van der Waals surface area contributed by atoms with Crippen molar-refractivity contribution in [1.82, 2.24) is 9.55 Å². The van der Waals surface area contributed by atoms with Crippen LogP contribution in [0.1, 0.15) is 24.0 Å². The van der Waals surface area contributed by atoms with Gasteiger partial charge in [0.2, 0.25) is 5.88 Å². The van der Waals surface area contributed by atoms with Crippen molar-refractivity contribution < 1.29 is 18.9 Å². The SMILES string of the molecule is O=c1nc(OCC2COCCO2)cc2n1CCc1cc(COCC3CC3)ccc1-2. The number of nitrogens with zero attached hydrogens (tertiary/aromatic N) is 2. The van der Waals surface area contributed by atoms with Crippen LogP contribution in [0.4, 0.5) is 0 Å². The fraction of sp³-hybridized carbons (Fsp3) is 0.545. The van der Waals surface area contributed by atoms with Gasteiger partial charge in [0.05, 0.1) is 32.1 Å². The third kappa shape index (κ3) is 4.37. The van der Waals surface area contributed by atoms with Crippen molar-refractivity contribution in [2.75, 3.05) is 33.0 Å². The Morgan fingerprint density at radius 3 is 2.93 bits per heavy atom. The van der Waals surface area contributed by atoms with Gasteiger partial charge in [-0.25, -0.2) is 4.79 Å². The van der Waals surface area contributed by atoms with Crippen LogP contribution in [0, 0.1) is 5.92 Å². The predicted octanol–water partition coefficient (Wildman–Crippen LogP) is 2.19. The number of fused-ring (bicyclic) bond motifs is 3. The summed E-state index contributed by atoms with van der Waals surface area (Å²) >= 11 is 0. The Hall–Kier alpha value is -2.22. The first-order valence-electron chi connectivity index (χ1n) is 10.4. The highest BCUT2D eigenvalue weighted by Crippen LogP contribution is 2.31. The summed E-state index contributed by atoms with van der Waals surface area (Å²) in [6, 6.07) is 8.22. The van der Waals surface area contributed by atoms with E-state index >= 15 is 0 Å². The highest BCUT2D eigenvalue weighted by Gasteiger charge is 2.22. The Bertz CT molecular complexity index is 931. The zero-order valence-corrected chi connectivity index (χ0v) is 16.5. The lowest BCUT2D eigenvalue weighted by atomic mass is 9.96. The Morgan fingerprint density at radius 1 is 1.17 bits per heavy atom. The van der Waals surface area contributed by atoms with Crippen LogP contribution in [-0.2, 0) is 33.8 Å². The summed E-state index contributed by atoms with van der Waals surface area (Å²) < 4.78 is 24.3. The van der Waals surface area contributed by atoms with Crippen molar-refractivity contribution in [2.24, 2.45) is 5.92 Å². The molecule has 1 unspecified atom stereocenters. The second kappa shape index (κ2) is 8.26. The van der Waals surface area contributed by atoms with E-state index in [1.54, 1.807) is 4.57 Å². The van der Waals surface area contributed by atoms with Crippen LogP contribution in [0.5, 0.6) is 5.88 Å². The smallest absolute Gasteiger partial charge is 0.351 e. The van der Waals surface area contributed by atoms with E-state index in [2.05, 4.69) is 23.2 Å². The van der Waals surface area contributed by atoms with E-state index in [0.717, 1.165) is 30.2 Å². The van der Waals surface area contributed by atoms with Gasteiger partial charge in [-0.1, -0.05) is 18.2 Å². The minimum atomic E-state index is -0.277. The number of aromatic nitrogens is 2. The first-order chi connectivity index (χ1) is 14.3. The summed E-state index contributed by atoms with van der Waals surface area (Å²) in [5.41, 5.74) is 4.05. The molecule has 5 rings (SSSR count). The summed E-state index contributed by atoms with van der Waals surface area (Å²) in [7, 11) is 0. The molecular weight excluding hydrogens is 372 g/mol. The highest BCUT2D eigenvalue weighted by molar-refractivity contribution is 5.67. The summed E-state index contributed by atoms with van der Waals surface area (Å²) in [6.45, 7) is 4.12. The molecule has 29 heavy (non-hydrogen) atoms. The van der Waals surface area contributed by atoms with Gasteiger partial charge in [0.15, 0.2) is 0 Å². The number of benzene rings is 1. The van der Waals surface area contributed by atoms with Crippen LogP contribution in [0.3, 0.4) is 0 Å². The zero-order valence-electron chi connectivity index (χ0n) is 16.5. The molecule has 1 atom stereocenters. The van der Waals surface area contributed by atoms with Gasteiger partial charge < -0.3 is 18.9 Å². The normalized spacial score (nSPS) is 20.8. The molecule has 7 nitrogen and oxygen atoms in total.